The number of aromatic nitrogens is 3. The van der Waals surface area contributed by atoms with Crippen molar-refractivity contribution in [3.05, 3.63) is 51.9 Å². The average Bonchev–Trinajstić information content (AvgIpc) is 3.39. The van der Waals surface area contributed by atoms with Gasteiger partial charge in [0, 0.05) is 31.5 Å². The van der Waals surface area contributed by atoms with Gasteiger partial charge in [0.15, 0.2) is 5.82 Å². The number of nitriles is 1. The molecule has 33 heavy (non-hydrogen) atoms. The number of nitrogens with one attached hydrogen (secondary N) is 2. The van der Waals surface area contributed by atoms with E-state index in [0.717, 1.165) is 49.0 Å². The molecule has 5 rings (SSSR count). The van der Waals surface area contributed by atoms with Gasteiger partial charge in [0.2, 0.25) is 0 Å². The Hall–Kier alpha value is -3.64. The quantitative estimate of drug-likeness (QED) is 0.529. The number of fused-ring (bicyclic) bond motifs is 2. The first-order valence-electron chi connectivity index (χ1n) is 11.4. The summed E-state index contributed by atoms with van der Waals surface area (Å²) in [5, 5.41) is 27.2. The number of pyridine rings is 1. The fourth-order valence-corrected chi connectivity index (χ4v) is 5.09. The van der Waals surface area contributed by atoms with Gasteiger partial charge >= 0.3 is 5.97 Å². The Morgan fingerprint density at radius 3 is 2.88 bits per heavy atom. The second kappa shape index (κ2) is 8.71. The maximum atomic E-state index is 12.7. The van der Waals surface area contributed by atoms with E-state index in [0.29, 0.717) is 24.3 Å². The van der Waals surface area contributed by atoms with Crippen LogP contribution >= 0.6 is 0 Å². The zero-order chi connectivity index (χ0) is 22.9. The molecule has 0 amide bonds. The van der Waals surface area contributed by atoms with Crippen LogP contribution in [0.2, 0.25) is 0 Å². The van der Waals surface area contributed by atoms with Crippen molar-refractivity contribution in [1.82, 2.24) is 19.7 Å². The van der Waals surface area contributed by atoms with Gasteiger partial charge in [-0.05, 0) is 42.2 Å². The van der Waals surface area contributed by atoms with Crippen LogP contribution in [0.5, 0.6) is 0 Å². The molecule has 0 radical (unpaired) electrons. The lowest BCUT2D eigenvalue weighted by molar-refractivity contribution is -0.137. The van der Waals surface area contributed by atoms with Gasteiger partial charge in [0.05, 0.1) is 30.0 Å². The van der Waals surface area contributed by atoms with E-state index in [1.54, 1.807) is 6.20 Å². The van der Waals surface area contributed by atoms with Gasteiger partial charge in [-0.25, -0.2) is 0 Å². The fourth-order valence-electron chi connectivity index (χ4n) is 5.09. The molecule has 3 heterocycles. The number of anilines is 2. The molecule has 170 valence electrons. The molecule has 1 aromatic carbocycles. The minimum Gasteiger partial charge on any atom is -0.481 e. The maximum absolute atomic E-state index is 12.7. The number of carboxylic acid groups (broad SMARTS) is 1. The zero-order valence-electron chi connectivity index (χ0n) is 18.3. The number of carboxylic acids is 1. The lowest BCUT2D eigenvalue weighted by Crippen LogP contribution is -2.23. The number of nitrogens with zero attached hydrogens (tertiary/aromatic N) is 4. The van der Waals surface area contributed by atoms with Crippen molar-refractivity contribution in [3.8, 4) is 6.07 Å². The van der Waals surface area contributed by atoms with Crippen LogP contribution in [0.25, 0.3) is 10.9 Å². The lowest BCUT2D eigenvalue weighted by Gasteiger charge is -2.27. The molecule has 1 aliphatic carbocycles. The normalized spacial score (nSPS) is 20.5. The summed E-state index contributed by atoms with van der Waals surface area (Å²) < 4.78 is 1.86. The smallest absolute Gasteiger partial charge is 0.304 e. The Kier molecular flexibility index (Phi) is 5.60. The van der Waals surface area contributed by atoms with Gasteiger partial charge < -0.3 is 15.4 Å². The Morgan fingerprint density at radius 1 is 1.24 bits per heavy atom. The molecular formula is C24H26N6O3. The molecule has 2 unspecified atom stereocenters. The van der Waals surface area contributed by atoms with E-state index >= 15 is 0 Å². The monoisotopic (exact) mass is 446 g/mol. The Balaban J connectivity index is 1.45. The molecule has 9 nitrogen and oxygen atoms in total. The predicted octanol–water partition coefficient (Wildman–Crippen LogP) is 3.51. The Labute approximate surface area is 190 Å². The first-order chi connectivity index (χ1) is 16.0. The number of hydrogen-bond donors (Lipinski definition) is 3. The van der Waals surface area contributed by atoms with E-state index in [1.807, 2.05) is 28.9 Å². The number of hydrogen-bond acceptors (Lipinski definition) is 6. The summed E-state index contributed by atoms with van der Waals surface area (Å²) in [7, 11) is 0. The number of rotatable bonds is 6. The van der Waals surface area contributed by atoms with Crippen LogP contribution in [0.4, 0.5) is 11.5 Å². The van der Waals surface area contributed by atoms with Crippen molar-refractivity contribution in [2.75, 3.05) is 11.9 Å². The number of H-pyrrole nitrogens is 1. The Bertz CT molecular complexity index is 1300. The summed E-state index contributed by atoms with van der Waals surface area (Å²) in [6.07, 6.45) is 5.54. The molecular weight excluding hydrogens is 420 g/mol. The molecule has 0 bridgehead atoms. The van der Waals surface area contributed by atoms with Crippen LogP contribution in [0.15, 0.2) is 35.3 Å². The van der Waals surface area contributed by atoms with Crippen LogP contribution < -0.4 is 10.9 Å². The van der Waals surface area contributed by atoms with Gasteiger partial charge in [0.1, 0.15) is 5.39 Å². The summed E-state index contributed by atoms with van der Waals surface area (Å²) in [4.78, 5) is 28.5. The number of aromatic amines is 1. The molecule has 3 aromatic rings. The third kappa shape index (κ3) is 4.10. The van der Waals surface area contributed by atoms with Crippen molar-refractivity contribution in [2.45, 2.75) is 51.2 Å². The van der Waals surface area contributed by atoms with Crippen LogP contribution in [0, 0.1) is 17.2 Å². The highest BCUT2D eigenvalue weighted by atomic mass is 16.4. The summed E-state index contributed by atoms with van der Waals surface area (Å²) in [5.74, 6) is -0.432. The summed E-state index contributed by atoms with van der Waals surface area (Å²) in [6.45, 7) is 1.94. The van der Waals surface area contributed by atoms with E-state index in [4.69, 9.17) is 10.2 Å². The van der Waals surface area contributed by atoms with E-state index in [2.05, 4.69) is 21.3 Å². The van der Waals surface area contributed by atoms with Crippen molar-refractivity contribution < 1.29 is 9.90 Å². The number of benzene rings is 1. The molecule has 2 aliphatic rings. The average molecular weight is 447 g/mol. The largest absolute Gasteiger partial charge is 0.481 e. The van der Waals surface area contributed by atoms with Gasteiger partial charge in [-0.3, -0.25) is 19.2 Å². The Morgan fingerprint density at radius 2 is 2.06 bits per heavy atom. The lowest BCUT2D eigenvalue weighted by atomic mass is 9.85. The molecule has 0 spiro atoms. The third-order valence-corrected chi connectivity index (χ3v) is 6.74. The molecule has 9 heteroatoms. The van der Waals surface area contributed by atoms with Crippen molar-refractivity contribution >= 4 is 28.4 Å². The van der Waals surface area contributed by atoms with E-state index < -0.39 is 5.97 Å². The topological polar surface area (TPSA) is 127 Å². The summed E-state index contributed by atoms with van der Waals surface area (Å²) in [5.41, 5.74) is 3.66. The molecule has 3 N–H and O–H groups in total. The van der Waals surface area contributed by atoms with Crippen LogP contribution in [-0.2, 0) is 17.9 Å². The predicted molar refractivity (Wildman–Crippen MR) is 123 cm³/mol. The third-order valence-electron chi connectivity index (χ3n) is 6.74. The fraction of sp³-hybridized carbons (Fsp3) is 0.417. The summed E-state index contributed by atoms with van der Waals surface area (Å²) >= 11 is 0. The van der Waals surface area contributed by atoms with Gasteiger partial charge in [0.25, 0.3) is 5.56 Å². The molecule has 1 fully saturated rings. The molecule has 2 atom stereocenters. The second-order valence-electron chi connectivity index (χ2n) is 8.91. The van der Waals surface area contributed by atoms with E-state index in [-0.39, 0.29) is 23.9 Å². The molecule has 2 aromatic heterocycles. The highest BCUT2D eigenvalue weighted by Gasteiger charge is 2.30. The second-order valence-corrected chi connectivity index (χ2v) is 8.91. The van der Waals surface area contributed by atoms with Crippen molar-refractivity contribution in [1.29, 1.82) is 5.26 Å². The first-order valence-corrected chi connectivity index (χ1v) is 11.4. The number of carbonyl (C=O) groups is 1. The SMILES string of the molecule is N#CC1CCCCC1n1nc(Nc2ccc3c(c2)CN(CCC(=O)O)C3)c2c(=O)[nH]ccc21. The minimum atomic E-state index is -0.794. The van der Waals surface area contributed by atoms with Crippen molar-refractivity contribution in [2.24, 2.45) is 5.92 Å². The highest BCUT2D eigenvalue weighted by molar-refractivity contribution is 5.91. The standard InChI is InChI=1S/C24H26N6O3/c25-12-15-3-1-2-4-19(15)30-20-7-9-26-24(33)22(20)23(28-30)27-18-6-5-16-13-29(10-8-21(31)32)14-17(16)11-18/h5-7,9,11,15,19H,1-4,8,10,13-14H2,(H,26,33)(H,27,28)(H,31,32). The minimum absolute atomic E-state index is 0.0496. The molecule has 0 saturated heterocycles. The van der Waals surface area contributed by atoms with Gasteiger partial charge in [-0.1, -0.05) is 18.9 Å². The van der Waals surface area contributed by atoms with Crippen LogP contribution in [0.3, 0.4) is 0 Å². The van der Waals surface area contributed by atoms with Crippen LogP contribution in [-0.4, -0.2) is 37.3 Å². The summed E-state index contributed by atoms with van der Waals surface area (Å²) in [6, 6.07) is 10.3. The molecule has 1 saturated carbocycles. The first kappa shape index (κ1) is 21.2. The van der Waals surface area contributed by atoms with Gasteiger partial charge in [-0.2, -0.15) is 10.4 Å². The maximum Gasteiger partial charge on any atom is 0.304 e. The number of aliphatic carboxylic acids is 1. The highest BCUT2D eigenvalue weighted by Crippen LogP contribution is 2.37. The van der Waals surface area contributed by atoms with E-state index in [1.165, 1.54) is 5.56 Å². The molecule has 1 aliphatic heterocycles. The van der Waals surface area contributed by atoms with Crippen LogP contribution in [0.1, 0.15) is 49.3 Å². The zero-order valence-corrected chi connectivity index (χ0v) is 18.3. The van der Waals surface area contributed by atoms with Crippen molar-refractivity contribution in [3.63, 3.8) is 0 Å². The van der Waals surface area contributed by atoms with Gasteiger partial charge in [-0.15, -0.1) is 0 Å². The van der Waals surface area contributed by atoms with E-state index in [9.17, 15) is 14.9 Å².